The maximum absolute atomic E-state index is 12.1. The molecule has 0 N–H and O–H groups in total. The number of nitrogens with zero attached hydrogens (tertiary/aromatic N) is 2. The van der Waals surface area contributed by atoms with Gasteiger partial charge >= 0.3 is 0 Å². The van der Waals surface area contributed by atoms with Gasteiger partial charge < -0.3 is 9.64 Å². The molecule has 1 aliphatic rings. The average Bonchev–Trinajstić information content (AvgIpc) is 2.92. The lowest BCUT2D eigenvalue weighted by Gasteiger charge is -2.25. The third-order valence-electron chi connectivity index (χ3n) is 3.90. The van der Waals surface area contributed by atoms with Crippen molar-refractivity contribution in [1.29, 1.82) is 0 Å². The van der Waals surface area contributed by atoms with Gasteiger partial charge in [-0.25, -0.2) is 8.78 Å². The zero-order chi connectivity index (χ0) is 15.2. The molecular formula is C16H24F2N2O. The average molecular weight is 298 g/mol. The van der Waals surface area contributed by atoms with Crippen LogP contribution < -0.4 is 4.90 Å². The van der Waals surface area contributed by atoms with E-state index in [4.69, 9.17) is 4.74 Å². The number of halogens is 2. The fourth-order valence-electron chi connectivity index (χ4n) is 2.84. The summed E-state index contributed by atoms with van der Waals surface area (Å²) in [6.45, 7) is 1.63. The van der Waals surface area contributed by atoms with Gasteiger partial charge in [0.25, 0.3) is 6.43 Å². The maximum Gasteiger partial charge on any atom is 0.261 e. The van der Waals surface area contributed by atoms with Crippen LogP contribution in [0.25, 0.3) is 0 Å². The van der Waals surface area contributed by atoms with E-state index in [9.17, 15) is 8.78 Å². The Balaban J connectivity index is 1.93. The molecule has 1 heterocycles. The predicted molar refractivity (Wildman–Crippen MR) is 81.1 cm³/mol. The zero-order valence-electron chi connectivity index (χ0n) is 12.8. The highest BCUT2D eigenvalue weighted by molar-refractivity contribution is 5.48. The number of ether oxygens (including phenoxy) is 1. The van der Waals surface area contributed by atoms with E-state index in [0.717, 1.165) is 19.4 Å². The van der Waals surface area contributed by atoms with Crippen molar-refractivity contribution >= 4 is 5.69 Å². The van der Waals surface area contributed by atoms with E-state index in [1.165, 1.54) is 11.3 Å². The number of alkyl halides is 2. The Morgan fingerprint density at radius 3 is 2.90 bits per heavy atom. The van der Waals surface area contributed by atoms with Gasteiger partial charge in [0.05, 0.1) is 6.61 Å². The van der Waals surface area contributed by atoms with Gasteiger partial charge in [0.15, 0.2) is 0 Å². The van der Waals surface area contributed by atoms with Crippen LogP contribution in [0.1, 0.15) is 24.4 Å². The fraction of sp³-hybridized carbons (Fsp3) is 0.625. The Hall–Kier alpha value is -1.20. The second-order valence-electron chi connectivity index (χ2n) is 5.65. The van der Waals surface area contributed by atoms with Crippen molar-refractivity contribution in [3.8, 4) is 0 Å². The van der Waals surface area contributed by atoms with Crippen LogP contribution in [-0.2, 0) is 4.74 Å². The van der Waals surface area contributed by atoms with Crippen molar-refractivity contribution in [3.05, 3.63) is 29.8 Å². The van der Waals surface area contributed by atoms with Gasteiger partial charge in [-0.05, 0) is 37.1 Å². The molecule has 3 nitrogen and oxygen atoms in total. The molecule has 0 aromatic heterocycles. The van der Waals surface area contributed by atoms with Crippen LogP contribution in [0.2, 0.25) is 0 Å². The molecule has 0 unspecified atom stereocenters. The number of hydrogen-bond acceptors (Lipinski definition) is 3. The van der Waals surface area contributed by atoms with Crippen molar-refractivity contribution in [2.24, 2.45) is 0 Å². The third kappa shape index (κ3) is 4.64. The Bertz CT molecular complexity index is 440. The molecule has 1 aliphatic heterocycles. The highest BCUT2D eigenvalue weighted by Crippen LogP contribution is 2.33. The van der Waals surface area contributed by atoms with Crippen LogP contribution in [0.5, 0.6) is 0 Å². The molecule has 0 saturated carbocycles. The summed E-state index contributed by atoms with van der Waals surface area (Å²) in [5, 5.41) is 0. The summed E-state index contributed by atoms with van der Waals surface area (Å²) in [7, 11) is 4.06. The maximum atomic E-state index is 12.1. The van der Waals surface area contributed by atoms with Crippen molar-refractivity contribution in [2.45, 2.75) is 25.3 Å². The molecule has 1 saturated heterocycles. The van der Waals surface area contributed by atoms with Gasteiger partial charge in [-0.2, -0.15) is 0 Å². The second-order valence-corrected chi connectivity index (χ2v) is 5.65. The monoisotopic (exact) mass is 298 g/mol. The zero-order valence-corrected chi connectivity index (χ0v) is 12.8. The summed E-state index contributed by atoms with van der Waals surface area (Å²) in [5.41, 5.74) is 2.49. The first-order valence-electron chi connectivity index (χ1n) is 7.45. The summed E-state index contributed by atoms with van der Waals surface area (Å²) < 4.78 is 29.1. The highest BCUT2D eigenvalue weighted by Gasteiger charge is 2.25. The molecule has 0 bridgehead atoms. The molecule has 1 aromatic carbocycles. The van der Waals surface area contributed by atoms with Crippen molar-refractivity contribution in [1.82, 2.24) is 4.90 Å². The Morgan fingerprint density at radius 1 is 1.38 bits per heavy atom. The lowest BCUT2D eigenvalue weighted by atomic mass is 10.0. The summed E-state index contributed by atoms with van der Waals surface area (Å²) >= 11 is 0. The van der Waals surface area contributed by atoms with Crippen LogP contribution in [0.3, 0.4) is 0 Å². The number of hydrogen-bond donors (Lipinski definition) is 0. The number of anilines is 1. The third-order valence-corrected chi connectivity index (χ3v) is 3.90. The van der Waals surface area contributed by atoms with Crippen molar-refractivity contribution < 1.29 is 13.5 Å². The van der Waals surface area contributed by atoms with Gasteiger partial charge in [0.2, 0.25) is 0 Å². The topological polar surface area (TPSA) is 15.7 Å². The molecule has 0 radical (unpaired) electrons. The Morgan fingerprint density at radius 2 is 2.19 bits per heavy atom. The van der Waals surface area contributed by atoms with Crippen LogP contribution >= 0.6 is 0 Å². The first-order chi connectivity index (χ1) is 10.1. The number of benzene rings is 1. The molecule has 5 heteroatoms. The van der Waals surface area contributed by atoms with Gasteiger partial charge in [0, 0.05) is 32.4 Å². The smallest absolute Gasteiger partial charge is 0.261 e. The van der Waals surface area contributed by atoms with E-state index in [1.54, 1.807) is 0 Å². The minimum Gasteiger partial charge on any atom is -0.378 e. The standard InChI is InChI=1S/C16H24F2N2O/c1-19(2)14-6-3-5-13(11-14)15-7-4-8-20(15)9-10-21-12-16(17)18/h3,5-6,11,15-16H,4,7-10,12H2,1-2H3/t15-/m1/s1. The summed E-state index contributed by atoms with van der Waals surface area (Å²) in [6, 6.07) is 8.90. The lowest BCUT2D eigenvalue weighted by molar-refractivity contribution is 0.00868. The van der Waals surface area contributed by atoms with Gasteiger partial charge in [-0.15, -0.1) is 0 Å². The summed E-state index contributed by atoms with van der Waals surface area (Å²) in [6.07, 6.45) is -0.117. The molecular weight excluding hydrogens is 274 g/mol. The van der Waals surface area contributed by atoms with Gasteiger partial charge in [-0.1, -0.05) is 12.1 Å². The first kappa shape index (κ1) is 16.2. The van der Waals surface area contributed by atoms with E-state index >= 15 is 0 Å². The van der Waals surface area contributed by atoms with Crippen LogP contribution in [-0.4, -0.2) is 51.7 Å². The van der Waals surface area contributed by atoms with E-state index in [1.807, 2.05) is 14.1 Å². The SMILES string of the molecule is CN(C)c1cccc([C@H]2CCCN2CCOCC(F)F)c1. The molecule has 21 heavy (non-hydrogen) atoms. The van der Waals surface area contributed by atoms with Crippen LogP contribution in [0, 0.1) is 0 Å². The van der Waals surface area contributed by atoms with E-state index < -0.39 is 13.0 Å². The van der Waals surface area contributed by atoms with Crippen LogP contribution in [0.4, 0.5) is 14.5 Å². The highest BCUT2D eigenvalue weighted by atomic mass is 19.3. The summed E-state index contributed by atoms with van der Waals surface area (Å²) in [5.74, 6) is 0. The van der Waals surface area contributed by atoms with Gasteiger partial charge in [-0.3, -0.25) is 4.90 Å². The number of likely N-dealkylation sites (tertiary alicyclic amines) is 1. The predicted octanol–water partition coefficient (Wildman–Crippen LogP) is 3.17. The normalized spacial score (nSPS) is 19.4. The molecule has 2 rings (SSSR count). The van der Waals surface area contributed by atoms with E-state index in [-0.39, 0.29) is 0 Å². The first-order valence-corrected chi connectivity index (χ1v) is 7.45. The molecule has 118 valence electrons. The molecule has 1 aromatic rings. The minimum absolute atomic E-state index is 0.369. The minimum atomic E-state index is -2.38. The molecule has 1 fully saturated rings. The van der Waals surface area contributed by atoms with Crippen LogP contribution in [0.15, 0.2) is 24.3 Å². The fourth-order valence-corrected chi connectivity index (χ4v) is 2.84. The molecule has 0 amide bonds. The van der Waals surface area contributed by atoms with E-state index in [0.29, 0.717) is 19.2 Å². The second kappa shape index (κ2) is 7.71. The van der Waals surface area contributed by atoms with Crippen molar-refractivity contribution in [2.75, 3.05) is 45.3 Å². The lowest BCUT2D eigenvalue weighted by Crippen LogP contribution is -2.28. The summed E-state index contributed by atoms with van der Waals surface area (Å²) in [4.78, 5) is 4.43. The van der Waals surface area contributed by atoms with Gasteiger partial charge in [0.1, 0.15) is 6.61 Å². The Kier molecular flexibility index (Phi) is 5.94. The largest absolute Gasteiger partial charge is 0.378 e. The van der Waals surface area contributed by atoms with Crippen molar-refractivity contribution in [3.63, 3.8) is 0 Å². The quantitative estimate of drug-likeness (QED) is 0.719. The molecule has 0 spiro atoms. The molecule has 1 atom stereocenters. The Labute approximate surface area is 125 Å². The number of rotatable bonds is 7. The van der Waals surface area contributed by atoms with E-state index in [2.05, 4.69) is 34.1 Å². The molecule has 0 aliphatic carbocycles.